The smallest absolute Gasteiger partial charge is 0.338 e. The molecule has 0 atom stereocenters. The van der Waals surface area contributed by atoms with Crippen LogP contribution in [0.25, 0.3) is 17.4 Å². The highest BCUT2D eigenvalue weighted by molar-refractivity contribution is 8.18. The van der Waals surface area contributed by atoms with Crippen LogP contribution in [-0.2, 0) is 14.3 Å². The van der Waals surface area contributed by atoms with E-state index in [9.17, 15) is 19.2 Å². The Bertz CT molecular complexity index is 1410. The fourth-order valence-corrected chi connectivity index (χ4v) is 5.24. The number of furan rings is 1. The lowest BCUT2D eigenvalue weighted by Gasteiger charge is -2.36. The van der Waals surface area contributed by atoms with Gasteiger partial charge in [0.2, 0.25) is 5.91 Å². The third-order valence-electron chi connectivity index (χ3n) is 6.50. The summed E-state index contributed by atoms with van der Waals surface area (Å²) in [4.78, 5) is 55.4. The Morgan fingerprint density at radius 3 is 2.36 bits per heavy atom. The Labute approximate surface area is 230 Å². The number of nitrogens with zero attached hydrogens (tertiary/aromatic N) is 3. The van der Waals surface area contributed by atoms with Crippen LogP contribution in [0.4, 0.5) is 10.5 Å². The van der Waals surface area contributed by atoms with Crippen LogP contribution < -0.4 is 4.90 Å². The van der Waals surface area contributed by atoms with Crippen molar-refractivity contribution >= 4 is 46.5 Å². The summed E-state index contributed by atoms with van der Waals surface area (Å²) < 4.78 is 10.9. The van der Waals surface area contributed by atoms with Gasteiger partial charge in [-0.05, 0) is 55.1 Å². The maximum absolute atomic E-state index is 13.0. The molecule has 9 nitrogen and oxygen atoms in total. The fraction of sp³-hybridized carbons (Fsp3) is 0.241. The van der Waals surface area contributed by atoms with Gasteiger partial charge in [-0.25, -0.2) is 4.79 Å². The van der Waals surface area contributed by atoms with Gasteiger partial charge in [0.15, 0.2) is 0 Å². The van der Waals surface area contributed by atoms with Gasteiger partial charge in [-0.3, -0.25) is 19.3 Å². The van der Waals surface area contributed by atoms with Crippen LogP contribution in [0.1, 0.15) is 23.0 Å². The number of carbonyl (C=O) groups is 4. The van der Waals surface area contributed by atoms with E-state index < -0.39 is 17.1 Å². The molecule has 2 fully saturated rings. The minimum absolute atomic E-state index is 0.195. The molecular weight excluding hydrogens is 518 g/mol. The number of piperazine rings is 1. The monoisotopic (exact) mass is 545 g/mol. The number of hydrogen-bond donors (Lipinski definition) is 0. The number of ether oxygens (including phenoxy) is 1. The van der Waals surface area contributed by atoms with Crippen molar-refractivity contribution in [3.63, 3.8) is 0 Å². The molecule has 0 spiro atoms. The molecule has 0 bridgehead atoms. The highest BCUT2D eigenvalue weighted by atomic mass is 32.2. The number of anilines is 1. The summed E-state index contributed by atoms with van der Waals surface area (Å²) in [5.74, 6) is -0.224. The predicted molar refractivity (Wildman–Crippen MR) is 148 cm³/mol. The Kier molecular flexibility index (Phi) is 7.83. The van der Waals surface area contributed by atoms with Crippen molar-refractivity contribution < 1.29 is 28.3 Å². The molecule has 10 heteroatoms. The van der Waals surface area contributed by atoms with Crippen molar-refractivity contribution in [2.45, 2.75) is 6.92 Å². The van der Waals surface area contributed by atoms with Crippen LogP contribution in [0.15, 0.2) is 76.1 Å². The van der Waals surface area contributed by atoms with Gasteiger partial charge < -0.3 is 19.0 Å². The van der Waals surface area contributed by atoms with E-state index in [1.165, 1.54) is 6.08 Å². The third kappa shape index (κ3) is 5.91. The maximum atomic E-state index is 13.0. The van der Waals surface area contributed by atoms with E-state index in [1.807, 2.05) is 30.3 Å². The minimum Gasteiger partial charge on any atom is -0.462 e. The number of carbonyl (C=O) groups excluding carboxylic acids is 4. The van der Waals surface area contributed by atoms with Crippen molar-refractivity contribution in [2.24, 2.45) is 0 Å². The van der Waals surface area contributed by atoms with Crippen LogP contribution in [0.2, 0.25) is 0 Å². The number of para-hydroxylation sites is 1. The van der Waals surface area contributed by atoms with Gasteiger partial charge in [-0.15, -0.1) is 0 Å². The number of thioether (sulfide) groups is 1. The summed E-state index contributed by atoms with van der Waals surface area (Å²) in [5.41, 5.74) is 2.29. The molecule has 0 radical (unpaired) electrons. The highest BCUT2D eigenvalue weighted by Gasteiger charge is 2.37. The SMILES string of the molecule is CCOC(=O)c1ccc(-c2ccc(/C=C3/SC(=O)N(CC(=O)N4CCN(c5ccccc5)CC4)C3=O)o2)cc1. The molecule has 3 aromatic rings. The standard InChI is InChI=1S/C29H27N3O6S/c1-2-37-28(35)21-10-8-20(9-11-21)24-13-12-23(38-24)18-25-27(34)32(29(36)39-25)19-26(33)31-16-14-30(15-17-31)22-6-4-3-5-7-22/h3-13,18H,2,14-17,19H2,1H3/b25-18+. The van der Waals surface area contributed by atoms with Crippen molar-refractivity contribution in [2.75, 3.05) is 44.2 Å². The molecule has 2 saturated heterocycles. The van der Waals surface area contributed by atoms with Gasteiger partial charge in [0.05, 0.1) is 17.1 Å². The first-order valence-corrected chi connectivity index (χ1v) is 13.4. The van der Waals surface area contributed by atoms with Gasteiger partial charge in [0.1, 0.15) is 18.1 Å². The van der Waals surface area contributed by atoms with E-state index in [2.05, 4.69) is 4.90 Å². The zero-order chi connectivity index (χ0) is 27.4. The molecule has 2 aliphatic heterocycles. The average Bonchev–Trinajstić information content (AvgIpc) is 3.54. The summed E-state index contributed by atoms with van der Waals surface area (Å²) >= 11 is 0.786. The maximum Gasteiger partial charge on any atom is 0.338 e. The minimum atomic E-state index is -0.516. The van der Waals surface area contributed by atoms with Crippen LogP contribution in [-0.4, -0.2) is 72.2 Å². The molecule has 39 heavy (non-hydrogen) atoms. The van der Waals surface area contributed by atoms with Crippen molar-refractivity contribution in [1.82, 2.24) is 9.80 Å². The molecule has 5 rings (SSSR count). The molecule has 200 valence electrons. The van der Waals surface area contributed by atoms with E-state index in [0.717, 1.165) is 27.9 Å². The van der Waals surface area contributed by atoms with Crippen LogP contribution >= 0.6 is 11.8 Å². The van der Waals surface area contributed by atoms with Crippen molar-refractivity contribution in [1.29, 1.82) is 0 Å². The summed E-state index contributed by atoms with van der Waals surface area (Å²) in [6.45, 7) is 4.17. The Hall–Kier alpha value is -4.31. The zero-order valence-corrected chi connectivity index (χ0v) is 22.2. The quantitative estimate of drug-likeness (QED) is 0.316. The first-order chi connectivity index (χ1) is 18.9. The van der Waals surface area contributed by atoms with Crippen molar-refractivity contribution in [3.8, 4) is 11.3 Å². The Morgan fingerprint density at radius 2 is 1.67 bits per heavy atom. The molecular formula is C29H27N3O6S. The Balaban J connectivity index is 1.19. The number of imide groups is 1. The van der Waals surface area contributed by atoms with Gasteiger partial charge in [-0.1, -0.05) is 30.3 Å². The number of esters is 1. The molecule has 1 aromatic heterocycles. The predicted octanol–water partition coefficient (Wildman–Crippen LogP) is 4.51. The number of amides is 3. The summed E-state index contributed by atoms with van der Waals surface area (Å²) in [5, 5.41) is -0.483. The lowest BCUT2D eigenvalue weighted by molar-refractivity contribution is -0.136. The van der Waals surface area contributed by atoms with Gasteiger partial charge >= 0.3 is 5.97 Å². The second kappa shape index (κ2) is 11.6. The largest absolute Gasteiger partial charge is 0.462 e. The second-order valence-corrected chi connectivity index (χ2v) is 9.96. The normalized spacial score (nSPS) is 16.7. The molecule has 0 unspecified atom stereocenters. The van der Waals surface area contributed by atoms with Gasteiger partial charge in [0, 0.05) is 43.5 Å². The Morgan fingerprint density at radius 1 is 0.949 bits per heavy atom. The molecule has 2 aliphatic rings. The lowest BCUT2D eigenvalue weighted by Crippen LogP contribution is -2.51. The first kappa shape index (κ1) is 26.3. The molecule has 2 aromatic carbocycles. The summed E-state index contributed by atoms with van der Waals surface area (Å²) in [6, 6.07) is 20.2. The molecule has 0 aliphatic carbocycles. The lowest BCUT2D eigenvalue weighted by atomic mass is 10.1. The number of hydrogen-bond acceptors (Lipinski definition) is 8. The highest BCUT2D eigenvalue weighted by Crippen LogP contribution is 2.33. The fourth-order valence-electron chi connectivity index (χ4n) is 4.42. The van der Waals surface area contributed by atoms with E-state index in [4.69, 9.17) is 9.15 Å². The molecule has 3 amide bonds. The molecule has 0 saturated carbocycles. The third-order valence-corrected chi connectivity index (χ3v) is 7.41. The zero-order valence-electron chi connectivity index (χ0n) is 21.4. The first-order valence-electron chi connectivity index (χ1n) is 12.6. The average molecular weight is 546 g/mol. The van der Waals surface area contributed by atoms with E-state index >= 15 is 0 Å². The summed E-state index contributed by atoms with van der Waals surface area (Å²) in [6.07, 6.45) is 1.50. The van der Waals surface area contributed by atoms with E-state index in [-0.39, 0.29) is 17.4 Å². The van der Waals surface area contributed by atoms with Crippen LogP contribution in [0.3, 0.4) is 0 Å². The van der Waals surface area contributed by atoms with Crippen LogP contribution in [0.5, 0.6) is 0 Å². The number of rotatable bonds is 7. The topological polar surface area (TPSA) is 100 Å². The number of benzene rings is 2. The van der Waals surface area contributed by atoms with Gasteiger partial charge in [-0.2, -0.15) is 0 Å². The van der Waals surface area contributed by atoms with Gasteiger partial charge in [0.25, 0.3) is 11.1 Å². The molecule has 0 N–H and O–H groups in total. The van der Waals surface area contributed by atoms with Crippen LogP contribution in [0, 0.1) is 0 Å². The second-order valence-electron chi connectivity index (χ2n) is 8.97. The molecule has 3 heterocycles. The summed E-state index contributed by atoms with van der Waals surface area (Å²) in [7, 11) is 0. The van der Waals surface area contributed by atoms with Crippen molar-refractivity contribution in [3.05, 3.63) is 83.0 Å². The van der Waals surface area contributed by atoms with E-state index in [1.54, 1.807) is 48.2 Å². The van der Waals surface area contributed by atoms with E-state index in [0.29, 0.717) is 49.9 Å².